The molecule has 0 aliphatic heterocycles. The minimum absolute atomic E-state index is 0.00494. The Hall–Kier alpha value is -0.120. The Labute approximate surface area is 85.8 Å². The second kappa shape index (κ2) is 4.17. The summed E-state index contributed by atoms with van der Waals surface area (Å²) in [5.41, 5.74) is -0.442. The highest BCUT2D eigenvalue weighted by Gasteiger charge is 2.46. The van der Waals surface area contributed by atoms with Gasteiger partial charge >= 0.3 is 0 Å². The average molecular weight is 202 g/mol. The Bertz CT molecular complexity index is 191. The summed E-state index contributed by atoms with van der Waals surface area (Å²) in [6.07, 6.45) is 0.519. The fourth-order valence-electron chi connectivity index (χ4n) is 2.16. The zero-order valence-electron chi connectivity index (χ0n) is 9.27. The fourth-order valence-corrected chi connectivity index (χ4v) is 2.16. The van der Waals surface area contributed by atoms with Crippen molar-refractivity contribution in [1.29, 1.82) is 0 Å². The van der Waals surface area contributed by atoms with E-state index in [9.17, 15) is 5.11 Å². The highest BCUT2D eigenvalue weighted by atomic mass is 16.3. The van der Waals surface area contributed by atoms with Crippen molar-refractivity contribution in [3.05, 3.63) is 0 Å². The Kier molecular flexibility index (Phi) is 3.56. The molecular formula is C11H22O3. The molecule has 1 aliphatic carbocycles. The first kappa shape index (κ1) is 12.0. The maximum absolute atomic E-state index is 10.0. The Morgan fingerprint density at radius 1 is 1.36 bits per heavy atom. The first-order valence-corrected chi connectivity index (χ1v) is 5.33. The molecule has 84 valence electrons. The van der Waals surface area contributed by atoms with Crippen LogP contribution in [0.4, 0.5) is 0 Å². The molecule has 0 bridgehead atoms. The second-order valence-corrected chi connectivity index (χ2v) is 5.29. The molecule has 0 aromatic heterocycles. The number of aliphatic hydroxyl groups is 3. The smallest absolute Gasteiger partial charge is 0.0641 e. The number of aliphatic hydroxyl groups excluding tert-OH is 3. The van der Waals surface area contributed by atoms with E-state index in [1.165, 1.54) is 0 Å². The van der Waals surface area contributed by atoms with Crippen LogP contribution in [0.1, 0.15) is 27.2 Å². The maximum atomic E-state index is 10.0. The minimum Gasteiger partial charge on any atom is -0.396 e. The van der Waals surface area contributed by atoms with Gasteiger partial charge in [0.25, 0.3) is 0 Å². The van der Waals surface area contributed by atoms with Crippen LogP contribution in [-0.4, -0.2) is 34.6 Å². The van der Waals surface area contributed by atoms with Crippen molar-refractivity contribution in [3.8, 4) is 0 Å². The van der Waals surface area contributed by atoms with E-state index in [0.29, 0.717) is 11.8 Å². The lowest BCUT2D eigenvalue weighted by Crippen LogP contribution is -2.38. The third-order valence-electron chi connectivity index (χ3n) is 3.59. The largest absolute Gasteiger partial charge is 0.396 e. The minimum atomic E-state index is -0.492. The van der Waals surface area contributed by atoms with Crippen molar-refractivity contribution < 1.29 is 15.3 Å². The lowest BCUT2D eigenvalue weighted by atomic mass is 9.78. The normalized spacial score (nSPS) is 31.3. The van der Waals surface area contributed by atoms with Gasteiger partial charge in [0.15, 0.2) is 0 Å². The zero-order valence-corrected chi connectivity index (χ0v) is 9.27. The van der Waals surface area contributed by atoms with Crippen LogP contribution >= 0.6 is 0 Å². The fraction of sp³-hybridized carbons (Fsp3) is 1.00. The molecule has 1 aliphatic rings. The zero-order chi connectivity index (χ0) is 10.9. The number of hydrogen-bond acceptors (Lipinski definition) is 3. The topological polar surface area (TPSA) is 60.7 Å². The third-order valence-corrected chi connectivity index (χ3v) is 3.59. The van der Waals surface area contributed by atoms with Gasteiger partial charge in [-0.15, -0.1) is 0 Å². The molecule has 0 spiro atoms. The van der Waals surface area contributed by atoms with Gasteiger partial charge < -0.3 is 15.3 Å². The summed E-state index contributed by atoms with van der Waals surface area (Å²) < 4.78 is 0. The lowest BCUT2D eigenvalue weighted by Gasteiger charge is -2.33. The Morgan fingerprint density at radius 3 is 2.29 bits per heavy atom. The van der Waals surface area contributed by atoms with E-state index in [1.807, 2.05) is 20.8 Å². The molecule has 0 radical (unpaired) electrons. The Morgan fingerprint density at radius 2 is 1.93 bits per heavy atom. The van der Waals surface area contributed by atoms with E-state index in [1.54, 1.807) is 0 Å². The van der Waals surface area contributed by atoms with Crippen molar-refractivity contribution in [2.75, 3.05) is 13.2 Å². The van der Waals surface area contributed by atoms with Gasteiger partial charge in [0.2, 0.25) is 0 Å². The summed E-state index contributed by atoms with van der Waals surface area (Å²) in [5.74, 6) is 0.962. The van der Waals surface area contributed by atoms with E-state index in [4.69, 9.17) is 10.2 Å². The van der Waals surface area contributed by atoms with Crippen molar-refractivity contribution in [1.82, 2.24) is 0 Å². The Balaban J connectivity index is 2.49. The van der Waals surface area contributed by atoms with Gasteiger partial charge in [-0.05, 0) is 24.2 Å². The monoisotopic (exact) mass is 202 g/mol. The van der Waals surface area contributed by atoms with E-state index in [-0.39, 0.29) is 19.1 Å². The van der Waals surface area contributed by atoms with Gasteiger partial charge in [0.1, 0.15) is 0 Å². The van der Waals surface area contributed by atoms with E-state index < -0.39 is 11.5 Å². The van der Waals surface area contributed by atoms with Crippen LogP contribution in [0, 0.1) is 23.2 Å². The number of rotatable bonds is 5. The van der Waals surface area contributed by atoms with Gasteiger partial charge in [-0.1, -0.05) is 20.8 Å². The molecule has 14 heavy (non-hydrogen) atoms. The van der Waals surface area contributed by atoms with Crippen LogP contribution in [0.5, 0.6) is 0 Å². The molecule has 1 rings (SSSR count). The molecule has 0 amide bonds. The molecule has 0 heterocycles. The quantitative estimate of drug-likeness (QED) is 0.613. The first-order valence-electron chi connectivity index (χ1n) is 5.33. The summed E-state index contributed by atoms with van der Waals surface area (Å²) in [5, 5.41) is 28.1. The second-order valence-electron chi connectivity index (χ2n) is 5.29. The van der Waals surface area contributed by atoms with Crippen molar-refractivity contribution in [2.24, 2.45) is 23.2 Å². The lowest BCUT2D eigenvalue weighted by molar-refractivity contribution is -0.0327. The van der Waals surface area contributed by atoms with Crippen LogP contribution < -0.4 is 0 Å². The van der Waals surface area contributed by atoms with Gasteiger partial charge in [0.05, 0.1) is 12.7 Å². The highest BCUT2D eigenvalue weighted by Crippen LogP contribution is 2.47. The highest BCUT2D eigenvalue weighted by molar-refractivity contribution is 4.95. The predicted molar refractivity (Wildman–Crippen MR) is 54.7 cm³/mol. The third kappa shape index (κ3) is 2.27. The predicted octanol–water partition coefficient (Wildman–Crippen LogP) is 0.630. The van der Waals surface area contributed by atoms with Gasteiger partial charge in [-0.2, -0.15) is 0 Å². The molecule has 0 saturated heterocycles. The molecule has 3 N–H and O–H groups in total. The van der Waals surface area contributed by atoms with Crippen LogP contribution in [0.25, 0.3) is 0 Å². The summed E-state index contributed by atoms with van der Waals surface area (Å²) in [6, 6.07) is 0. The van der Waals surface area contributed by atoms with E-state index >= 15 is 0 Å². The molecular weight excluding hydrogens is 180 g/mol. The van der Waals surface area contributed by atoms with Crippen LogP contribution in [-0.2, 0) is 0 Å². The standard InChI is InChI=1S/C11H22O3/c1-7(9-4-8(9)5-12)10(14)11(2,3)6-13/h7-10,12-14H,4-6H2,1-3H3/t7-,8-,9-,10-/m1/s1. The summed E-state index contributed by atoms with van der Waals surface area (Å²) in [6.45, 7) is 5.95. The molecule has 3 nitrogen and oxygen atoms in total. The van der Waals surface area contributed by atoms with Crippen LogP contribution in [0.3, 0.4) is 0 Å². The SMILES string of the molecule is C[C@H]([C@H]1C[C@@H]1CO)[C@@H](O)C(C)(C)CO. The number of hydrogen-bond donors (Lipinski definition) is 3. The summed E-state index contributed by atoms with van der Waals surface area (Å²) in [7, 11) is 0. The summed E-state index contributed by atoms with van der Waals surface area (Å²) in [4.78, 5) is 0. The van der Waals surface area contributed by atoms with Crippen molar-refractivity contribution in [3.63, 3.8) is 0 Å². The molecule has 1 saturated carbocycles. The van der Waals surface area contributed by atoms with Crippen LogP contribution in [0.15, 0.2) is 0 Å². The first-order chi connectivity index (χ1) is 6.44. The van der Waals surface area contributed by atoms with Gasteiger partial charge in [0, 0.05) is 12.0 Å². The van der Waals surface area contributed by atoms with Gasteiger partial charge in [-0.3, -0.25) is 0 Å². The molecule has 4 atom stereocenters. The van der Waals surface area contributed by atoms with Gasteiger partial charge in [-0.25, -0.2) is 0 Å². The molecule has 0 aromatic rings. The molecule has 1 fully saturated rings. The molecule has 0 aromatic carbocycles. The average Bonchev–Trinajstić information content (AvgIpc) is 2.94. The maximum Gasteiger partial charge on any atom is 0.0641 e. The molecule has 3 heteroatoms. The van der Waals surface area contributed by atoms with E-state index in [0.717, 1.165) is 6.42 Å². The van der Waals surface area contributed by atoms with E-state index in [2.05, 4.69) is 0 Å². The van der Waals surface area contributed by atoms with Crippen LogP contribution in [0.2, 0.25) is 0 Å². The summed E-state index contributed by atoms with van der Waals surface area (Å²) >= 11 is 0. The van der Waals surface area contributed by atoms with Crippen molar-refractivity contribution >= 4 is 0 Å². The van der Waals surface area contributed by atoms with Crippen molar-refractivity contribution in [2.45, 2.75) is 33.3 Å². The molecule has 0 unspecified atom stereocenters.